The van der Waals surface area contributed by atoms with Crippen LogP contribution >= 0.6 is 0 Å². The molecule has 0 spiro atoms. The molecule has 0 saturated heterocycles. The number of nitrogens with one attached hydrogen (secondary N) is 1. The summed E-state index contributed by atoms with van der Waals surface area (Å²) in [6.07, 6.45) is 0.311. The SMILES string of the molecule is COC(=O)C(C)NC(=O)CC(C)c1ccc(N)cc1. The second kappa shape index (κ2) is 6.78. The van der Waals surface area contributed by atoms with Crippen molar-refractivity contribution in [2.75, 3.05) is 12.8 Å². The molecule has 3 N–H and O–H groups in total. The normalized spacial score (nSPS) is 13.4. The maximum atomic E-state index is 11.8. The second-order valence-electron chi connectivity index (χ2n) is 4.58. The van der Waals surface area contributed by atoms with Crippen molar-refractivity contribution in [2.45, 2.75) is 32.2 Å². The molecule has 0 aromatic heterocycles. The lowest BCUT2D eigenvalue weighted by Crippen LogP contribution is -2.39. The van der Waals surface area contributed by atoms with Gasteiger partial charge in [-0.05, 0) is 30.5 Å². The summed E-state index contributed by atoms with van der Waals surface area (Å²) < 4.78 is 4.55. The van der Waals surface area contributed by atoms with Crippen molar-refractivity contribution < 1.29 is 14.3 Å². The Hall–Kier alpha value is -2.04. The highest BCUT2D eigenvalue weighted by Gasteiger charge is 2.17. The molecule has 0 aliphatic rings. The summed E-state index contributed by atoms with van der Waals surface area (Å²) in [5.41, 5.74) is 7.34. The first-order valence-electron chi connectivity index (χ1n) is 6.16. The van der Waals surface area contributed by atoms with Crippen molar-refractivity contribution >= 4 is 17.6 Å². The van der Waals surface area contributed by atoms with E-state index in [0.29, 0.717) is 12.1 Å². The van der Waals surface area contributed by atoms with Gasteiger partial charge >= 0.3 is 5.97 Å². The van der Waals surface area contributed by atoms with Crippen LogP contribution in [-0.4, -0.2) is 25.0 Å². The molecule has 0 aliphatic heterocycles. The molecule has 2 unspecified atom stereocenters. The summed E-state index contributed by atoms with van der Waals surface area (Å²) in [4.78, 5) is 23.0. The number of methoxy groups -OCH3 is 1. The lowest BCUT2D eigenvalue weighted by Gasteiger charge is -2.15. The highest BCUT2D eigenvalue weighted by Crippen LogP contribution is 2.19. The van der Waals surface area contributed by atoms with Gasteiger partial charge in [-0.15, -0.1) is 0 Å². The number of carbonyl (C=O) groups excluding carboxylic acids is 2. The topological polar surface area (TPSA) is 81.4 Å². The lowest BCUT2D eigenvalue weighted by molar-refractivity contribution is -0.144. The highest BCUT2D eigenvalue weighted by atomic mass is 16.5. The Kier molecular flexibility index (Phi) is 5.36. The zero-order valence-corrected chi connectivity index (χ0v) is 11.5. The minimum absolute atomic E-state index is 0.0606. The zero-order valence-electron chi connectivity index (χ0n) is 11.5. The number of nitrogen functional groups attached to an aromatic ring is 1. The Morgan fingerprint density at radius 3 is 2.37 bits per heavy atom. The number of esters is 1. The van der Waals surface area contributed by atoms with Gasteiger partial charge in [0.2, 0.25) is 5.91 Å². The monoisotopic (exact) mass is 264 g/mol. The molecule has 1 aromatic carbocycles. The molecule has 19 heavy (non-hydrogen) atoms. The minimum atomic E-state index is -0.629. The number of nitrogens with two attached hydrogens (primary N) is 1. The predicted octanol–water partition coefficient (Wildman–Crippen LogP) is 1.44. The predicted molar refractivity (Wildman–Crippen MR) is 73.5 cm³/mol. The van der Waals surface area contributed by atoms with Gasteiger partial charge in [-0.3, -0.25) is 4.79 Å². The van der Waals surface area contributed by atoms with Gasteiger partial charge in [0.1, 0.15) is 6.04 Å². The van der Waals surface area contributed by atoms with Crippen LogP contribution in [0.25, 0.3) is 0 Å². The van der Waals surface area contributed by atoms with Crippen LogP contribution in [0, 0.1) is 0 Å². The molecule has 0 radical (unpaired) electrons. The van der Waals surface area contributed by atoms with E-state index in [1.807, 2.05) is 19.1 Å². The third-order valence-corrected chi connectivity index (χ3v) is 2.93. The van der Waals surface area contributed by atoms with Crippen molar-refractivity contribution in [3.8, 4) is 0 Å². The van der Waals surface area contributed by atoms with Crippen LogP contribution in [0.2, 0.25) is 0 Å². The molecule has 1 rings (SSSR count). The van der Waals surface area contributed by atoms with E-state index in [1.54, 1.807) is 19.1 Å². The average molecular weight is 264 g/mol. The summed E-state index contributed by atoms with van der Waals surface area (Å²) >= 11 is 0. The van der Waals surface area contributed by atoms with E-state index in [1.165, 1.54) is 7.11 Å². The molecule has 1 amide bonds. The van der Waals surface area contributed by atoms with Crippen LogP contribution in [0.3, 0.4) is 0 Å². The summed E-state index contributed by atoms with van der Waals surface area (Å²) in [5.74, 6) is -0.568. The molecule has 1 aromatic rings. The molecule has 104 valence electrons. The van der Waals surface area contributed by atoms with Gasteiger partial charge in [-0.1, -0.05) is 19.1 Å². The average Bonchev–Trinajstić information content (AvgIpc) is 2.38. The quantitative estimate of drug-likeness (QED) is 0.623. The maximum Gasteiger partial charge on any atom is 0.328 e. The Morgan fingerprint density at radius 1 is 1.26 bits per heavy atom. The fourth-order valence-corrected chi connectivity index (χ4v) is 1.76. The van der Waals surface area contributed by atoms with Gasteiger partial charge in [-0.25, -0.2) is 4.79 Å². The van der Waals surface area contributed by atoms with Gasteiger partial charge < -0.3 is 15.8 Å². The number of hydrogen-bond acceptors (Lipinski definition) is 4. The largest absolute Gasteiger partial charge is 0.467 e. The van der Waals surface area contributed by atoms with E-state index in [4.69, 9.17) is 5.73 Å². The third kappa shape index (κ3) is 4.62. The molecular weight excluding hydrogens is 244 g/mol. The van der Waals surface area contributed by atoms with Gasteiger partial charge in [-0.2, -0.15) is 0 Å². The van der Waals surface area contributed by atoms with Crippen molar-refractivity contribution in [1.82, 2.24) is 5.32 Å². The first-order chi connectivity index (χ1) is 8.93. The molecule has 0 aliphatic carbocycles. The Labute approximate surface area is 113 Å². The minimum Gasteiger partial charge on any atom is -0.467 e. The fraction of sp³-hybridized carbons (Fsp3) is 0.429. The van der Waals surface area contributed by atoms with Gasteiger partial charge in [0.25, 0.3) is 0 Å². The van der Waals surface area contributed by atoms with Crippen LogP contribution in [-0.2, 0) is 14.3 Å². The smallest absolute Gasteiger partial charge is 0.328 e. The van der Waals surface area contributed by atoms with E-state index in [2.05, 4.69) is 10.1 Å². The molecular formula is C14H20N2O3. The van der Waals surface area contributed by atoms with Gasteiger partial charge in [0.15, 0.2) is 0 Å². The number of ether oxygens (including phenoxy) is 1. The number of benzene rings is 1. The number of amides is 1. The van der Waals surface area contributed by atoms with E-state index >= 15 is 0 Å². The molecule has 0 bridgehead atoms. The Morgan fingerprint density at radius 2 is 1.84 bits per heavy atom. The number of rotatable bonds is 5. The molecule has 0 heterocycles. The van der Waals surface area contributed by atoms with E-state index in [9.17, 15) is 9.59 Å². The lowest BCUT2D eigenvalue weighted by atomic mass is 9.97. The van der Waals surface area contributed by atoms with E-state index < -0.39 is 12.0 Å². The second-order valence-corrected chi connectivity index (χ2v) is 4.58. The first kappa shape index (κ1) is 15.0. The zero-order chi connectivity index (χ0) is 14.4. The van der Waals surface area contributed by atoms with Gasteiger partial charge in [0.05, 0.1) is 7.11 Å². The Bertz CT molecular complexity index is 443. The highest BCUT2D eigenvalue weighted by molar-refractivity contribution is 5.84. The number of anilines is 1. The van der Waals surface area contributed by atoms with Crippen molar-refractivity contribution in [3.05, 3.63) is 29.8 Å². The molecule has 0 fully saturated rings. The van der Waals surface area contributed by atoms with E-state index in [-0.39, 0.29) is 11.8 Å². The van der Waals surface area contributed by atoms with Crippen LogP contribution in [0.4, 0.5) is 5.69 Å². The van der Waals surface area contributed by atoms with E-state index in [0.717, 1.165) is 5.56 Å². The van der Waals surface area contributed by atoms with Crippen molar-refractivity contribution in [3.63, 3.8) is 0 Å². The standard InChI is InChI=1S/C14H20N2O3/c1-9(11-4-6-12(15)7-5-11)8-13(17)16-10(2)14(18)19-3/h4-7,9-10H,8,15H2,1-3H3,(H,16,17). The summed E-state index contributed by atoms with van der Waals surface area (Å²) in [7, 11) is 1.29. The fourth-order valence-electron chi connectivity index (χ4n) is 1.76. The maximum absolute atomic E-state index is 11.8. The summed E-state index contributed by atoms with van der Waals surface area (Å²) in [6, 6.07) is 6.78. The number of carbonyl (C=O) groups is 2. The number of hydrogen-bond donors (Lipinski definition) is 2. The van der Waals surface area contributed by atoms with Crippen LogP contribution in [0.5, 0.6) is 0 Å². The summed E-state index contributed by atoms with van der Waals surface area (Å²) in [6.45, 7) is 3.55. The molecule has 2 atom stereocenters. The van der Waals surface area contributed by atoms with Crippen LogP contribution in [0.15, 0.2) is 24.3 Å². The Balaban J connectivity index is 2.52. The van der Waals surface area contributed by atoms with Gasteiger partial charge in [0, 0.05) is 12.1 Å². The molecule has 5 heteroatoms. The molecule has 0 saturated carbocycles. The van der Waals surface area contributed by atoms with Crippen LogP contribution < -0.4 is 11.1 Å². The summed E-state index contributed by atoms with van der Waals surface area (Å²) in [5, 5.41) is 2.60. The van der Waals surface area contributed by atoms with Crippen molar-refractivity contribution in [1.29, 1.82) is 0 Å². The third-order valence-electron chi connectivity index (χ3n) is 2.93. The first-order valence-corrected chi connectivity index (χ1v) is 6.16. The van der Waals surface area contributed by atoms with Crippen molar-refractivity contribution in [2.24, 2.45) is 0 Å². The molecule has 5 nitrogen and oxygen atoms in total. The van der Waals surface area contributed by atoms with Crippen LogP contribution in [0.1, 0.15) is 31.7 Å².